The number of unbranched alkanes of at least 4 members (excludes halogenated alkanes) is 6. The third kappa shape index (κ3) is 21.1. The molecule has 0 saturated heterocycles. The van der Waals surface area contributed by atoms with Gasteiger partial charge in [0.25, 0.3) is 0 Å². The summed E-state index contributed by atoms with van der Waals surface area (Å²) >= 11 is 0. The normalized spacial score (nSPS) is 10.8. The molecular weight excluding hydrogens is 364 g/mol. The van der Waals surface area contributed by atoms with Gasteiger partial charge in [-0.1, -0.05) is 45.4 Å². The van der Waals surface area contributed by atoms with Gasteiger partial charge in [0.15, 0.2) is 0 Å². The predicted octanol–water partition coefficient (Wildman–Crippen LogP) is 3.67. The van der Waals surface area contributed by atoms with Gasteiger partial charge in [-0.05, 0) is 13.3 Å². The van der Waals surface area contributed by atoms with Crippen molar-refractivity contribution in [1.29, 1.82) is 0 Å². The van der Waals surface area contributed by atoms with Crippen LogP contribution in [0.3, 0.4) is 0 Å². The van der Waals surface area contributed by atoms with Crippen molar-refractivity contribution in [2.24, 2.45) is 0 Å². The van der Waals surface area contributed by atoms with Crippen LogP contribution in [0.5, 0.6) is 0 Å². The van der Waals surface area contributed by atoms with Crippen molar-refractivity contribution < 1.29 is 33.3 Å². The molecule has 0 atom stereocenters. The van der Waals surface area contributed by atoms with Crippen LogP contribution < -0.4 is 0 Å². The first-order chi connectivity index (χ1) is 13.7. The van der Waals surface area contributed by atoms with Crippen molar-refractivity contribution in [3.05, 3.63) is 0 Å². The van der Waals surface area contributed by atoms with Gasteiger partial charge >= 0.3 is 11.9 Å². The first-order valence-corrected chi connectivity index (χ1v) is 10.7. The van der Waals surface area contributed by atoms with Crippen molar-refractivity contribution in [3.63, 3.8) is 0 Å². The molecule has 0 fully saturated rings. The Kier molecular flexibility index (Phi) is 21.2. The summed E-state index contributed by atoms with van der Waals surface area (Å²) in [4.78, 5) is 22.6. The summed E-state index contributed by atoms with van der Waals surface area (Å²) in [6.45, 7) is 7.13. The van der Waals surface area contributed by atoms with Gasteiger partial charge in [-0.15, -0.1) is 0 Å². The third-order valence-electron chi connectivity index (χ3n) is 3.98. The summed E-state index contributed by atoms with van der Waals surface area (Å²) in [6.07, 6.45) is 9.07. The third-order valence-corrected chi connectivity index (χ3v) is 3.98. The Morgan fingerprint density at radius 2 is 1.04 bits per heavy atom. The molecule has 0 heterocycles. The fraction of sp³-hybridized carbons (Fsp3) is 0.905. The molecule has 0 aromatic heterocycles. The predicted molar refractivity (Wildman–Crippen MR) is 107 cm³/mol. The molecule has 0 spiro atoms. The molecule has 28 heavy (non-hydrogen) atoms. The molecule has 0 unspecified atom stereocenters. The lowest BCUT2D eigenvalue weighted by molar-refractivity contribution is -0.146. The molecule has 0 aromatic rings. The molecule has 0 aromatic carbocycles. The van der Waals surface area contributed by atoms with Crippen molar-refractivity contribution in [2.75, 3.05) is 52.9 Å². The van der Waals surface area contributed by atoms with Crippen molar-refractivity contribution in [3.8, 4) is 0 Å². The second-order valence-corrected chi connectivity index (χ2v) is 6.48. The minimum atomic E-state index is -0.250. The lowest BCUT2D eigenvalue weighted by Crippen LogP contribution is -2.14. The van der Waals surface area contributed by atoms with E-state index in [1.54, 1.807) is 6.92 Å². The van der Waals surface area contributed by atoms with Gasteiger partial charge in [-0.3, -0.25) is 9.59 Å². The molecule has 0 amide bonds. The highest BCUT2D eigenvalue weighted by atomic mass is 16.6. The number of esters is 2. The van der Waals surface area contributed by atoms with E-state index in [9.17, 15) is 9.59 Å². The molecule has 7 heteroatoms. The number of rotatable bonds is 21. The minimum absolute atomic E-state index is 0.145. The molecule has 0 aliphatic rings. The summed E-state index contributed by atoms with van der Waals surface area (Å²) in [6, 6.07) is 0. The molecule has 0 aliphatic heterocycles. The summed E-state index contributed by atoms with van der Waals surface area (Å²) in [5.41, 5.74) is 0. The zero-order valence-corrected chi connectivity index (χ0v) is 17.9. The molecule has 0 radical (unpaired) electrons. The fourth-order valence-electron chi connectivity index (χ4n) is 2.44. The van der Waals surface area contributed by atoms with Crippen LogP contribution in [0.4, 0.5) is 0 Å². The summed E-state index contributed by atoms with van der Waals surface area (Å²) < 4.78 is 25.9. The Labute approximate surface area is 170 Å². The number of hydrogen-bond donors (Lipinski definition) is 0. The minimum Gasteiger partial charge on any atom is -0.466 e. The molecule has 0 N–H and O–H groups in total. The van der Waals surface area contributed by atoms with Crippen LogP contribution in [0.15, 0.2) is 0 Å². The van der Waals surface area contributed by atoms with Crippen LogP contribution in [0.1, 0.15) is 71.6 Å². The zero-order chi connectivity index (χ0) is 20.7. The Hall–Kier alpha value is -1.18. The average Bonchev–Trinajstić information content (AvgIpc) is 2.68. The average molecular weight is 405 g/mol. The van der Waals surface area contributed by atoms with Gasteiger partial charge < -0.3 is 23.7 Å². The highest BCUT2D eigenvalue weighted by Gasteiger charge is 2.03. The van der Waals surface area contributed by atoms with Gasteiger partial charge in [0.05, 0.1) is 52.7 Å². The summed E-state index contributed by atoms with van der Waals surface area (Å²) in [5.74, 6) is -0.395. The van der Waals surface area contributed by atoms with Crippen molar-refractivity contribution >= 4 is 11.9 Å². The maximum absolute atomic E-state index is 11.6. The number of carbonyl (C=O) groups is 2. The Balaban J connectivity index is 3.18. The zero-order valence-electron chi connectivity index (χ0n) is 17.9. The molecular formula is C21H40O7. The van der Waals surface area contributed by atoms with Gasteiger partial charge in [0, 0.05) is 6.42 Å². The van der Waals surface area contributed by atoms with Crippen LogP contribution in [0.25, 0.3) is 0 Å². The van der Waals surface area contributed by atoms with E-state index in [-0.39, 0.29) is 25.0 Å². The standard InChI is InChI=1S/C21H40O7/c1-3-5-6-7-8-9-10-11-20(22)28-19-18-26-17-16-25-15-14-24-13-12-21(23)27-4-2/h3-19H2,1-2H3. The number of hydrogen-bond acceptors (Lipinski definition) is 7. The number of ether oxygens (including phenoxy) is 5. The Morgan fingerprint density at radius 1 is 0.536 bits per heavy atom. The smallest absolute Gasteiger partial charge is 0.308 e. The van der Waals surface area contributed by atoms with Crippen LogP contribution in [0.2, 0.25) is 0 Å². The van der Waals surface area contributed by atoms with E-state index in [0.717, 1.165) is 12.8 Å². The molecule has 0 rings (SSSR count). The van der Waals surface area contributed by atoms with Crippen LogP contribution in [-0.2, 0) is 33.3 Å². The molecule has 7 nitrogen and oxygen atoms in total. The Bertz CT molecular complexity index is 361. The molecule has 166 valence electrons. The summed E-state index contributed by atoms with van der Waals surface area (Å²) in [7, 11) is 0. The van der Waals surface area contributed by atoms with Crippen molar-refractivity contribution in [2.45, 2.75) is 71.6 Å². The van der Waals surface area contributed by atoms with Crippen LogP contribution in [-0.4, -0.2) is 64.8 Å². The highest BCUT2D eigenvalue weighted by Crippen LogP contribution is 2.08. The van der Waals surface area contributed by atoms with E-state index in [4.69, 9.17) is 23.7 Å². The second-order valence-electron chi connectivity index (χ2n) is 6.48. The van der Waals surface area contributed by atoms with E-state index in [1.807, 2.05) is 0 Å². The van der Waals surface area contributed by atoms with E-state index in [1.165, 1.54) is 32.1 Å². The van der Waals surface area contributed by atoms with Gasteiger partial charge in [0.2, 0.25) is 0 Å². The fourth-order valence-corrected chi connectivity index (χ4v) is 2.44. The molecule has 0 aliphatic carbocycles. The van der Waals surface area contributed by atoms with Crippen LogP contribution in [0, 0.1) is 0 Å². The second kappa shape index (κ2) is 22.1. The maximum Gasteiger partial charge on any atom is 0.308 e. The SMILES string of the molecule is CCCCCCCCCC(=O)OCCOCCOCCOCCC(=O)OCC. The first-order valence-electron chi connectivity index (χ1n) is 10.7. The maximum atomic E-state index is 11.6. The van der Waals surface area contributed by atoms with E-state index >= 15 is 0 Å². The lowest BCUT2D eigenvalue weighted by atomic mass is 10.1. The van der Waals surface area contributed by atoms with Crippen LogP contribution >= 0.6 is 0 Å². The molecule has 0 bridgehead atoms. The lowest BCUT2D eigenvalue weighted by Gasteiger charge is -2.08. The van der Waals surface area contributed by atoms with Gasteiger partial charge in [-0.25, -0.2) is 0 Å². The highest BCUT2D eigenvalue weighted by molar-refractivity contribution is 5.69. The number of carbonyl (C=O) groups excluding carboxylic acids is 2. The monoisotopic (exact) mass is 404 g/mol. The van der Waals surface area contributed by atoms with E-state index in [2.05, 4.69) is 6.92 Å². The largest absolute Gasteiger partial charge is 0.466 e. The first kappa shape index (κ1) is 26.8. The van der Waals surface area contributed by atoms with E-state index < -0.39 is 0 Å². The Morgan fingerprint density at radius 3 is 1.64 bits per heavy atom. The topological polar surface area (TPSA) is 80.3 Å². The van der Waals surface area contributed by atoms with Crippen molar-refractivity contribution in [1.82, 2.24) is 0 Å². The summed E-state index contributed by atoms with van der Waals surface area (Å²) in [5, 5.41) is 0. The quantitative estimate of drug-likeness (QED) is 0.213. The molecule has 0 saturated carbocycles. The van der Waals surface area contributed by atoms with Gasteiger partial charge in [-0.2, -0.15) is 0 Å². The van der Waals surface area contributed by atoms with E-state index in [0.29, 0.717) is 52.7 Å². The van der Waals surface area contributed by atoms with Gasteiger partial charge in [0.1, 0.15) is 6.61 Å².